The third-order valence-electron chi connectivity index (χ3n) is 3.14. The van der Waals surface area contributed by atoms with Crippen LogP contribution in [-0.2, 0) is 6.18 Å². The van der Waals surface area contributed by atoms with Gasteiger partial charge in [0, 0.05) is 11.9 Å². The molecule has 0 radical (unpaired) electrons. The number of halogens is 3. The predicted molar refractivity (Wildman–Crippen MR) is 75.7 cm³/mol. The van der Waals surface area contributed by atoms with E-state index < -0.39 is 17.8 Å². The van der Waals surface area contributed by atoms with Gasteiger partial charge in [-0.1, -0.05) is 6.07 Å². The molecule has 0 saturated carbocycles. The Morgan fingerprint density at radius 1 is 1.22 bits per heavy atom. The van der Waals surface area contributed by atoms with E-state index in [2.05, 4.69) is 15.3 Å². The third kappa shape index (κ3) is 2.80. The minimum atomic E-state index is -4.45. The van der Waals surface area contributed by atoms with Gasteiger partial charge in [-0.2, -0.15) is 13.2 Å². The number of carboxylic acid groups (broad SMARTS) is 1. The van der Waals surface area contributed by atoms with Crippen molar-refractivity contribution in [3.63, 3.8) is 0 Å². The summed E-state index contributed by atoms with van der Waals surface area (Å²) in [6, 6.07) is 6.10. The quantitative estimate of drug-likeness (QED) is 0.751. The van der Waals surface area contributed by atoms with Crippen LogP contribution >= 0.6 is 0 Å². The van der Waals surface area contributed by atoms with E-state index in [1.807, 2.05) is 0 Å². The molecule has 3 rings (SSSR count). The van der Waals surface area contributed by atoms with Crippen molar-refractivity contribution in [1.82, 2.24) is 14.5 Å². The van der Waals surface area contributed by atoms with Crippen LogP contribution in [0.25, 0.3) is 11.0 Å². The second-order valence-electron chi connectivity index (χ2n) is 4.63. The van der Waals surface area contributed by atoms with Gasteiger partial charge in [-0.15, -0.1) is 0 Å². The van der Waals surface area contributed by atoms with Gasteiger partial charge in [0.2, 0.25) is 0 Å². The number of hydrogen-bond acceptors (Lipinski definition) is 4. The van der Waals surface area contributed by atoms with Crippen molar-refractivity contribution < 1.29 is 23.1 Å². The van der Waals surface area contributed by atoms with Crippen LogP contribution in [0.4, 0.5) is 29.5 Å². The number of anilines is 2. The maximum absolute atomic E-state index is 12.7. The van der Waals surface area contributed by atoms with Crippen molar-refractivity contribution in [3.05, 3.63) is 48.4 Å². The minimum Gasteiger partial charge on any atom is -0.464 e. The van der Waals surface area contributed by atoms with Crippen molar-refractivity contribution in [2.75, 3.05) is 5.32 Å². The van der Waals surface area contributed by atoms with E-state index in [0.29, 0.717) is 5.39 Å². The molecule has 0 aliphatic carbocycles. The molecular formula is C14H9F3N4O2. The second kappa shape index (κ2) is 5.27. The van der Waals surface area contributed by atoms with Gasteiger partial charge < -0.3 is 10.4 Å². The predicted octanol–water partition coefficient (Wildman–Crippen LogP) is 3.72. The summed E-state index contributed by atoms with van der Waals surface area (Å²) in [7, 11) is 0. The van der Waals surface area contributed by atoms with Gasteiger partial charge in [0.15, 0.2) is 5.65 Å². The summed E-state index contributed by atoms with van der Waals surface area (Å²) in [4.78, 5) is 18.9. The zero-order chi connectivity index (χ0) is 16.6. The van der Waals surface area contributed by atoms with Crippen LogP contribution in [0.5, 0.6) is 0 Å². The number of rotatable bonds is 2. The number of nitrogens with zero attached hydrogens (tertiary/aromatic N) is 3. The summed E-state index contributed by atoms with van der Waals surface area (Å²) >= 11 is 0. The average Bonchev–Trinajstić information content (AvgIpc) is 2.92. The van der Waals surface area contributed by atoms with E-state index in [1.165, 1.54) is 24.4 Å². The molecule has 2 heterocycles. The Hall–Kier alpha value is -3.10. The maximum Gasteiger partial charge on any atom is 0.417 e. The van der Waals surface area contributed by atoms with Crippen molar-refractivity contribution in [2.24, 2.45) is 0 Å². The maximum atomic E-state index is 12.7. The lowest BCUT2D eigenvalue weighted by Crippen LogP contribution is -2.07. The third-order valence-corrected chi connectivity index (χ3v) is 3.14. The fraction of sp³-hybridized carbons (Fsp3) is 0.0714. The summed E-state index contributed by atoms with van der Waals surface area (Å²) in [5.41, 5.74) is -0.471. The highest BCUT2D eigenvalue weighted by atomic mass is 19.4. The van der Waals surface area contributed by atoms with Gasteiger partial charge in [0.1, 0.15) is 12.1 Å². The van der Waals surface area contributed by atoms with Crippen molar-refractivity contribution >= 4 is 28.6 Å². The molecule has 23 heavy (non-hydrogen) atoms. The summed E-state index contributed by atoms with van der Waals surface area (Å²) < 4.78 is 39.1. The lowest BCUT2D eigenvalue weighted by atomic mass is 10.2. The first-order valence-corrected chi connectivity index (χ1v) is 6.36. The van der Waals surface area contributed by atoms with Crippen LogP contribution in [0.15, 0.2) is 42.9 Å². The molecule has 0 aliphatic rings. The molecule has 6 nitrogen and oxygen atoms in total. The number of benzene rings is 1. The Kier molecular flexibility index (Phi) is 3.40. The van der Waals surface area contributed by atoms with Gasteiger partial charge >= 0.3 is 12.3 Å². The first-order valence-electron chi connectivity index (χ1n) is 6.36. The highest BCUT2D eigenvalue weighted by molar-refractivity contribution is 5.93. The number of nitrogens with one attached hydrogen (secondary N) is 1. The molecule has 0 spiro atoms. The second-order valence-corrected chi connectivity index (χ2v) is 4.63. The molecule has 9 heteroatoms. The lowest BCUT2D eigenvalue weighted by molar-refractivity contribution is -0.137. The van der Waals surface area contributed by atoms with Crippen LogP contribution in [-0.4, -0.2) is 25.7 Å². The fourth-order valence-corrected chi connectivity index (χ4v) is 2.12. The summed E-state index contributed by atoms with van der Waals surface area (Å²) in [6.07, 6.45) is -3.24. The highest BCUT2D eigenvalue weighted by Gasteiger charge is 2.30. The molecule has 3 aromatic rings. The number of alkyl halides is 3. The normalized spacial score (nSPS) is 11.6. The van der Waals surface area contributed by atoms with E-state index in [1.54, 1.807) is 0 Å². The Labute approximate surface area is 127 Å². The molecule has 0 atom stereocenters. The van der Waals surface area contributed by atoms with Gasteiger partial charge in [0.05, 0.1) is 10.9 Å². The summed E-state index contributed by atoms with van der Waals surface area (Å²) in [5.74, 6) is 0.217. The van der Waals surface area contributed by atoms with E-state index in [9.17, 15) is 18.0 Å². The molecule has 0 unspecified atom stereocenters. The zero-order valence-corrected chi connectivity index (χ0v) is 11.4. The Balaban J connectivity index is 2.01. The highest BCUT2D eigenvalue weighted by Crippen LogP contribution is 2.32. The van der Waals surface area contributed by atoms with Crippen molar-refractivity contribution in [1.29, 1.82) is 0 Å². The van der Waals surface area contributed by atoms with Gasteiger partial charge in [-0.25, -0.2) is 19.3 Å². The van der Waals surface area contributed by atoms with Crippen molar-refractivity contribution in [3.8, 4) is 0 Å². The Morgan fingerprint density at radius 2 is 2.00 bits per heavy atom. The van der Waals surface area contributed by atoms with E-state index >= 15 is 0 Å². The number of aromatic nitrogens is 3. The molecule has 0 saturated heterocycles. The molecule has 0 bridgehead atoms. The van der Waals surface area contributed by atoms with E-state index in [0.717, 1.165) is 23.0 Å². The minimum absolute atomic E-state index is 0.141. The molecule has 118 valence electrons. The first kappa shape index (κ1) is 14.8. The molecule has 0 fully saturated rings. The molecule has 2 N–H and O–H groups in total. The smallest absolute Gasteiger partial charge is 0.417 e. The Bertz CT molecular complexity index is 889. The van der Waals surface area contributed by atoms with Gasteiger partial charge in [0.25, 0.3) is 0 Å². The number of fused-ring (bicyclic) bond motifs is 1. The van der Waals surface area contributed by atoms with Crippen LogP contribution in [0, 0.1) is 0 Å². The molecule has 1 aromatic carbocycles. The van der Waals surface area contributed by atoms with Crippen molar-refractivity contribution in [2.45, 2.75) is 6.18 Å². The van der Waals surface area contributed by atoms with Crippen LogP contribution < -0.4 is 5.32 Å². The fourth-order valence-electron chi connectivity index (χ4n) is 2.12. The number of carbonyl (C=O) groups is 1. The average molecular weight is 322 g/mol. The summed E-state index contributed by atoms with van der Waals surface area (Å²) in [5, 5.41) is 12.2. The zero-order valence-electron chi connectivity index (χ0n) is 11.4. The molecular weight excluding hydrogens is 313 g/mol. The first-order chi connectivity index (χ1) is 10.9. The molecule has 2 aromatic heterocycles. The van der Waals surface area contributed by atoms with E-state index in [4.69, 9.17) is 5.11 Å². The SMILES string of the molecule is O=C(O)n1ccc2c(Nc3cccc(C(F)(F)F)c3)ncnc21. The topological polar surface area (TPSA) is 80.0 Å². The lowest BCUT2D eigenvalue weighted by Gasteiger charge is -2.10. The largest absolute Gasteiger partial charge is 0.464 e. The summed E-state index contributed by atoms with van der Waals surface area (Å²) in [6.45, 7) is 0. The van der Waals surface area contributed by atoms with Crippen LogP contribution in [0.3, 0.4) is 0 Å². The molecule has 0 aliphatic heterocycles. The van der Waals surface area contributed by atoms with Crippen LogP contribution in [0.2, 0.25) is 0 Å². The standard InChI is InChI=1S/C14H9F3N4O2/c15-14(16,17)8-2-1-3-9(6-8)20-11-10-4-5-21(13(22)23)12(10)19-7-18-11/h1-7H,(H,22,23)(H,18,19,20). The Morgan fingerprint density at radius 3 is 2.70 bits per heavy atom. The monoisotopic (exact) mass is 322 g/mol. The van der Waals surface area contributed by atoms with Gasteiger partial charge in [-0.05, 0) is 24.3 Å². The van der Waals surface area contributed by atoms with Crippen LogP contribution in [0.1, 0.15) is 5.56 Å². The van der Waals surface area contributed by atoms with E-state index in [-0.39, 0.29) is 17.2 Å². The van der Waals surface area contributed by atoms with Gasteiger partial charge in [-0.3, -0.25) is 0 Å². The number of hydrogen-bond donors (Lipinski definition) is 2. The molecule has 0 amide bonds.